The van der Waals surface area contributed by atoms with Gasteiger partial charge in [-0.1, -0.05) is 162 Å². The Morgan fingerprint density at radius 1 is 0.413 bits per heavy atom. The van der Waals surface area contributed by atoms with Crippen LogP contribution in [0, 0.1) is 0 Å². The van der Waals surface area contributed by atoms with Crippen LogP contribution in [-0.2, 0) is 67.5 Å². The summed E-state index contributed by atoms with van der Waals surface area (Å²) < 4.78 is 84.8. The zero-order valence-electron chi connectivity index (χ0n) is 68.7. The molecule has 0 bridgehead atoms. The zero-order chi connectivity index (χ0) is 77.2. The minimum absolute atomic E-state index is 0.0173. The van der Waals surface area contributed by atoms with E-state index in [1.807, 2.05) is 31.7 Å². The van der Waals surface area contributed by atoms with Gasteiger partial charge in [0.25, 0.3) is 0 Å². The number of rotatable bonds is 12. The highest BCUT2D eigenvalue weighted by Crippen LogP contribution is 2.55. The second kappa shape index (κ2) is 32.1. The van der Waals surface area contributed by atoms with Crippen molar-refractivity contribution in [3.05, 3.63) is 105 Å². The van der Waals surface area contributed by atoms with Gasteiger partial charge in [-0.15, -0.1) is 0 Å². The third-order valence-electron chi connectivity index (χ3n) is 21.6. The molecule has 0 radical (unpaired) electrons. The fraction of sp³-hybridized carbons (Fsp3) is 0.775. The topological polar surface area (TPSA) is 182 Å². The number of likely N-dealkylation sites (tertiary alicyclic amines) is 1. The summed E-state index contributed by atoms with van der Waals surface area (Å²) in [5.41, 5.74) is 2.78. The van der Waals surface area contributed by atoms with Crippen molar-refractivity contribution >= 4 is 0 Å². The molecule has 6 aromatic rings. The van der Waals surface area contributed by atoms with E-state index in [1.54, 1.807) is 6.92 Å². The van der Waals surface area contributed by atoms with Crippen molar-refractivity contribution in [3.63, 3.8) is 0 Å². The average Bonchev–Trinajstić information content (AvgIpc) is 1.38. The maximum Gasteiger partial charge on any atom is 0.400 e. The summed E-state index contributed by atoms with van der Waals surface area (Å²) in [5, 5.41) is 24.8. The first-order valence-corrected chi connectivity index (χ1v) is 38.1. The monoisotopic (exact) mass is 1460 g/mol. The molecule has 586 valence electrons. The lowest BCUT2D eigenvalue weighted by molar-refractivity contribution is -0.214. The molecule has 0 aromatic carbocycles. The minimum Gasteiger partial charge on any atom is -0.361 e. The van der Waals surface area contributed by atoms with Gasteiger partial charge in [0.15, 0.2) is 0 Å². The van der Waals surface area contributed by atoms with Gasteiger partial charge in [0.05, 0.1) is 33.9 Å². The number of hydrogen-bond donors (Lipinski definition) is 0. The Labute approximate surface area is 620 Å². The first kappa shape index (κ1) is 84.3. The molecule has 7 fully saturated rings. The fourth-order valence-electron chi connectivity index (χ4n) is 13.5. The molecule has 0 spiro atoms. The molecule has 6 aromatic heterocycles. The number of halogens is 4. The molecule has 3 saturated carbocycles. The van der Waals surface area contributed by atoms with Crippen molar-refractivity contribution in [2.24, 2.45) is 0 Å². The van der Waals surface area contributed by atoms with Crippen LogP contribution in [0.4, 0.5) is 17.6 Å². The minimum atomic E-state index is -4.24. The lowest BCUT2D eigenvalue weighted by atomic mass is 9.66. The second-order valence-electron chi connectivity index (χ2n) is 38.4. The van der Waals surface area contributed by atoms with Gasteiger partial charge in [0.1, 0.15) is 57.0 Å². The zero-order valence-corrected chi connectivity index (χ0v) is 68.7. The van der Waals surface area contributed by atoms with Crippen molar-refractivity contribution in [1.29, 1.82) is 0 Å². The van der Waals surface area contributed by atoms with Crippen molar-refractivity contribution in [2.45, 2.75) is 270 Å². The number of nitrogens with zero attached hydrogens (tertiary/aromatic N) is 14. The van der Waals surface area contributed by atoms with Crippen LogP contribution in [0.1, 0.15) is 259 Å². The van der Waals surface area contributed by atoms with Gasteiger partial charge in [-0.2, -0.15) is 13.2 Å². The fourth-order valence-corrected chi connectivity index (χ4v) is 13.5. The maximum absolute atomic E-state index is 13.3. The van der Waals surface area contributed by atoms with Crippen molar-refractivity contribution in [1.82, 2.24) is 70.1 Å². The van der Waals surface area contributed by atoms with Gasteiger partial charge in [-0.25, -0.2) is 4.39 Å². The summed E-state index contributed by atoms with van der Waals surface area (Å²) in [7, 11) is 10.8. The Morgan fingerprint density at radius 3 is 1.12 bits per heavy atom. The molecular weight excluding hydrogens is 1330 g/mol. The number of aromatic nitrogens is 6. The van der Waals surface area contributed by atoms with E-state index in [9.17, 15) is 17.6 Å². The third-order valence-corrected chi connectivity index (χ3v) is 21.6. The van der Waals surface area contributed by atoms with Gasteiger partial charge in [-0.05, 0) is 94.5 Å². The predicted octanol–water partition coefficient (Wildman–Crippen LogP) is 15.4. The van der Waals surface area contributed by atoms with Gasteiger partial charge >= 0.3 is 6.18 Å². The van der Waals surface area contributed by atoms with Crippen LogP contribution in [-0.4, -0.2) is 215 Å². The number of alkyl halides is 4. The molecule has 24 heteroatoms. The Balaban J connectivity index is 0.000000158. The van der Waals surface area contributed by atoms with E-state index in [-0.39, 0.29) is 67.5 Å². The molecule has 7 aliphatic rings. The molecular formula is C80H132F4N14O6. The van der Waals surface area contributed by atoms with Crippen LogP contribution in [0.3, 0.4) is 0 Å². The van der Waals surface area contributed by atoms with Crippen LogP contribution < -0.4 is 0 Å². The first-order valence-electron chi connectivity index (χ1n) is 38.1. The normalized spacial score (nSPS) is 20.8. The molecule has 104 heavy (non-hydrogen) atoms. The van der Waals surface area contributed by atoms with E-state index >= 15 is 0 Å². The van der Waals surface area contributed by atoms with E-state index < -0.39 is 17.3 Å². The first-order chi connectivity index (χ1) is 47.8. The Bertz CT molecular complexity index is 3530. The van der Waals surface area contributed by atoms with Crippen molar-refractivity contribution in [3.8, 4) is 0 Å². The third kappa shape index (κ3) is 22.0. The molecule has 0 amide bonds. The van der Waals surface area contributed by atoms with Crippen LogP contribution in [0.2, 0.25) is 0 Å². The van der Waals surface area contributed by atoms with E-state index in [0.29, 0.717) is 31.8 Å². The van der Waals surface area contributed by atoms with Crippen molar-refractivity contribution < 1.29 is 44.7 Å². The standard InChI is InChI=1S/C15H25N3O.C15H27N3O.C13H23N3O.C13H22N2O.C12H16F3NO.C12H19FN2O/c1-14(2,3)13-11-12(16-19-13)15(5-6-15)18-9-7-17(4)8-10-18;1-14(2,3)13-11-12(16-19-13)15(4,5)18-9-7-17(6)8-10-18;1-13(2,3)12-9-11(14-17-12)10-16-7-5-15(4)6-8-16;1-12(2,3)11-8-10(14-16-11)13(6-7-13)9-15(4)5;1-10(2,3)9-7-8(16-17-9)11(5-4-6-11)12(13,14)15;1-11(2,3)10-5-9(14-16-10)6-15-7-12(4,13)8-15/h11H,5-10H2,1-4H3;11H,7-10H2,1-6H3;9H,5-8,10H2,1-4H3;8H,6-7,9H2,1-5H3;7H,4-6H2,1-3H3;5H,6-8H2,1-4H3. The Hall–Kier alpha value is -5.34. The SMILES string of the molecule is CC(C)(C)c1cc(C2(C(F)(F)F)CCC2)no1.CC1(F)CN(Cc2cc(C(C)(C)C)on2)C1.CN(C)CC1(c2cc(C(C)(C)C)on2)CC1.CN1CCN(C(C)(C)c2cc(C(C)(C)C)on2)CC1.CN1CCN(C2(c3cc(C(C)(C)C)on3)CC2)CC1.CN1CCN(Cc2cc(C(C)(C)C)on2)CC1. The highest BCUT2D eigenvalue weighted by Gasteiger charge is 2.61. The van der Waals surface area contributed by atoms with E-state index in [4.69, 9.17) is 27.1 Å². The number of likely N-dealkylation sites (N-methyl/N-ethyl adjacent to an activating group) is 4. The average molecular weight is 1460 g/mol. The maximum atomic E-state index is 13.3. The van der Waals surface area contributed by atoms with Crippen molar-refractivity contribution in [2.75, 3.05) is 133 Å². The lowest BCUT2D eigenvalue weighted by Crippen LogP contribution is -2.56. The van der Waals surface area contributed by atoms with Crippen LogP contribution in [0.15, 0.2) is 63.5 Å². The molecule has 13 rings (SSSR count). The summed E-state index contributed by atoms with van der Waals surface area (Å²) in [6.45, 7) is 61.1. The largest absolute Gasteiger partial charge is 0.400 e. The molecule has 0 atom stereocenters. The smallest absolute Gasteiger partial charge is 0.361 e. The summed E-state index contributed by atoms with van der Waals surface area (Å²) in [5.74, 6) is 5.32. The van der Waals surface area contributed by atoms with Gasteiger partial charge in [0.2, 0.25) is 0 Å². The molecule has 4 aliphatic heterocycles. The molecule has 4 saturated heterocycles. The quantitative estimate of drug-likeness (QED) is 0.105. The second-order valence-corrected chi connectivity index (χ2v) is 38.4. The number of piperazine rings is 3. The van der Waals surface area contributed by atoms with E-state index in [2.05, 4.69) is 242 Å². The van der Waals surface area contributed by atoms with E-state index in [1.165, 1.54) is 31.7 Å². The summed E-state index contributed by atoms with van der Waals surface area (Å²) in [6, 6.07) is 12.0. The van der Waals surface area contributed by atoms with Gasteiger partial charge in [0, 0.05) is 186 Å². The summed E-state index contributed by atoms with van der Waals surface area (Å²) in [4.78, 5) is 18.9. The Morgan fingerprint density at radius 2 is 0.769 bits per heavy atom. The van der Waals surface area contributed by atoms with Crippen LogP contribution in [0.5, 0.6) is 0 Å². The summed E-state index contributed by atoms with van der Waals surface area (Å²) in [6.07, 6.45) is 1.52. The molecule has 0 N–H and O–H groups in total. The molecule has 10 heterocycles. The Kier molecular flexibility index (Phi) is 26.0. The molecule has 0 unspecified atom stereocenters. The summed E-state index contributed by atoms with van der Waals surface area (Å²) >= 11 is 0. The predicted molar refractivity (Wildman–Crippen MR) is 402 cm³/mol. The molecule has 3 aliphatic carbocycles. The highest BCUT2D eigenvalue weighted by atomic mass is 19.4. The number of hydrogen-bond acceptors (Lipinski definition) is 20. The van der Waals surface area contributed by atoms with Gasteiger partial charge in [-0.3, -0.25) is 19.6 Å². The van der Waals surface area contributed by atoms with Crippen LogP contribution in [0.25, 0.3) is 0 Å². The van der Waals surface area contributed by atoms with Gasteiger partial charge < -0.3 is 46.7 Å². The van der Waals surface area contributed by atoms with E-state index in [0.717, 1.165) is 149 Å². The highest BCUT2D eigenvalue weighted by molar-refractivity contribution is 5.30. The molecule has 20 nitrogen and oxygen atoms in total. The lowest BCUT2D eigenvalue weighted by Gasteiger charge is -2.42. The van der Waals surface area contributed by atoms with Crippen LogP contribution >= 0.6 is 0 Å².